The molecule has 2 amide bonds. The van der Waals surface area contributed by atoms with Crippen molar-refractivity contribution in [2.24, 2.45) is 0 Å². The smallest absolute Gasteiger partial charge is 0.257 e. The fraction of sp³-hybridized carbons (Fsp3) is 0.261. The molecule has 166 valence electrons. The number of amides is 2. The van der Waals surface area contributed by atoms with Gasteiger partial charge < -0.3 is 14.8 Å². The second kappa shape index (κ2) is 8.96. The summed E-state index contributed by atoms with van der Waals surface area (Å²) in [6, 6.07) is 9.48. The number of fused-ring (bicyclic) bond motifs is 1. The van der Waals surface area contributed by atoms with Crippen LogP contribution in [-0.4, -0.2) is 31.0 Å². The van der Waals surface area contributed by atoms with Gasteiger partial charge in [-0.1, -0.05) is 6.07 Å². The molecule has 9 heteroatoms. The Bertz CT molecular complexity index is 1170. The highest BCUT2D eigenvalue weighted by Crippen LogP contribution is 2.39. The molecular formula is C23H22FN3O4S. The van der Waals surface area contributed by atoms with Gasteiger partial charge in [0, 0.05) is 22.2 Å². The van der Waals surface area contributed by atoms with E-state index in [9.17, 15) is 14.0 Å². The molecule has 1 unspecified atom stereocenters. The van der Waals surface area contributed by atoms with Crippen LogP contribution in [0, 0.1) is 12.7 Å². The fourth-order valence-corrected chi connectivity index (χ4v) is 4.58. The van der Waals surface area contributed by atoms with Crippen LogP contribution in [0.2, 0.25) is 0 Å². The van der Waals surface area contributed by atoms with Gasteiger partial charge in [-0.15, -0.1) is 11.3 Å². The van der Waals surface area contributed by atoms with Crippen molar-refractivity contribution in [3.8, 4) is 11.5 Å². The van der Waals surface area contributed by atoms with Crippen LogP contribution in [0.3, 0.4) is 0 Å². The third-order valence-corrected chi connectivity index (χ3v) is 6.35. The summed E-state index contributed by atoms with van der Waals surface area (Å²) in [5.74, 6) is -0.421. The van der Waals surface area contributed by atoms with Gasteiger partial charge in [0.2, 0.25) is 5.91 Å². The monoisotopic (exact) mass is 455 g/mol. The number of ether oxygens (including phenoxy) is 2. The molecule has 2 N–H and O–H groups in total. The van der Waals surface area contributed by atoms with E-state index in [0.29, 0.717) is 52.0 Å². The maximum Gasteiger partial charge on any atom is 0.257 e. The van der Waals surface area contributed by atoms with Crippen LogP contribution in [0.5, 0.6) is 11.5 Å². The fourth-order valence-electron chi connectivity index (χ4n) is 3.54. The summed E-state index contributed by atoms with van der Waals surface area (Å²) in [7, 11) is 3.02. The predicted molar refractivity (Wildman–Crippen MR) is 120 cm³/mol. The summed E-state index contributed by atoms with van der Waals surface area (Å²) >= 11 is 1.35. The van der Waals surface area contributed by atoms with Gasteiger partial charge in [-0.2, -0.15) is 0 Å². The second-order valence-corrected chi connectivity index (χ2v) is 8.51. The zero-order chi connectivity index (χ0) is 22.8. The third kappa shape index (κ3) is 4.43. The van der Waals surface area contributed by atoms with Crippen molar-refractivity contribution in [2.45, 2.75) is 25.7 Å². The molecule has 1 aliphatic carbocycles. The number of benzene rings is 2. The first-order valence-corrected chi connectivity index (χ1v) is 10.8. The molecule has 4 rings (SSSR count). The Hall–Kier alpha value is -3.46. The van der Waals surface area contributed by atoms with Crippen LogP contribution in [0.15, 0.2) is 36.4 Å². The third-order valence-electron chi connectivity index (χ3n) is 5.31. The van der Waals surface area contributed by atoms with E-state index in [1.807, 2.05) is 0 Å². The van der Waals surface area contributed by atoms with E-state index in [4.69, 9.17) is 9.47 Å². The number of aryl methyl sites for hydroxylation is 2. The Morgan fingerprint density at radius 1 is 1.09 bits per heavy atom. The van der Waals surface area contributed by atoms with E-state index in [0.717, 1.165) is 4.88 Å². The van der Waals surface area contributed by atoms with Gasteiger partial charge in [-0.05, 0) is 49.6 Å². The van der Waals surface area contributed by atoms with Crippen molar-refractivity contribution in [2.75, 3.05) is 24.9 Å². The summed E-state index contributed by atoms with van der Waals surface area (Å²) in [6.45, 7) is 1.66. The number of thiazole rings is 1. The second-order valence-electron chi connectivity index (χ2n) is 7.43. The summed E-state index contributed by atoms with van der Waals surface area (Å²) in [6.07, 6.45) is 1.31. The molecule has 0 saturated heterocycles. The first-order valence-electron chi connectivity index (χ1n) is 9.99. The standard InChI is InChI=1S/C23H22FN3O4S/c1-12-4-5-14(10-18(12)24)25-22(29)17-6-7-19-20(17)26-23(32-19)27-21(28)13-8-15(30-2)11-16(9-13)31-3/h4-5,8-11,17H,6-7H2,1-3H3,(H,25,29)(H,26,27,28). The van der Waals surface area contributed by atoms with Crippen LogP contribution in [-0.2, 0) is 11.2 Å². The van der Waals surface area contributed by atoms with Crippen molar-refractivity contribution in [1.29, 1.82) is 0 Å². The lowest BCUT2D eigenvalue weighted by Gasteiger charge is -2.11. The summed E-state index contributed by atoms with van der Waals surface area (Å²) in [5.41, 5.74) is 1.94. The van der Waals surface area contributed by atoms with Crippen molar-refractivity contribution in [3.63, 3.8) is 0 Å². The lowest BCUT2D eigenvalue weighted by molar-refractivity contribution is -0.117. The van der Waals surface area contributed by atoms with Crippen LogP contribution >= 0.6 is 11.3 Å². The summed E-state index contributed by atoms with van der Waals surface area (Å²) in [5, 5.41) is 5.97. The minimum absolute atomic E-state index is 0.243. The largest absolute Gasteiger partial charge is 0.497 e. The molecule has 0 aliphatic heterocycles. The average Bonchev–Trinajstić information content (AvgIpc) is 3.36. The molecule has 7 nitrogen and oxygen atoms in total. The average molecular weight is 456 g/mol. The number of nitrogens with one attached hydrogen (secondary N) is 2. The number of methoxy groups -OCH3 is 2. The summed E-state index contributed by atoms with van der Waals surface area (Å²) < 4.78 is 24.2. The highest BCUT2D eigenvalue weighted by atomic mass is 32.1. The maximum atomic E-state index is 13.8. The first kappa shape index (κ1) is 21.8. The van der Waals surface area contributed by atoms with Crippen LogP contribution in [0.1, 0.15) is 38.8 Å². The normalized spacial score (nSPS) is 14.6. The van der Waals surface area contributed by atoms with Gasteiger partial charge in [0.05, 0.1) is 25.8 Å². The molecular weight excluding hydrogens is 433 g/mol. The lowest BCUT2D eigenvalue weighted by atomic mass is 10.1. The first-order chi connectivity index (χ1) is 15.4. The minimum atomic E-state index is -0.451. The van der Waals surface area contributed by atoms with Crippen molar-refractivity contribution < 1.29 is 23.5 Å². The van der Waals surface area contributed by atoms with Crippen molar-refractivity contribution in [3.05, 3.63) is 63.9 Å². The van der Waals surface area contributed by atoms with Crippen molar-refractivity contribution in [1.82, 2.24) is 4.98 Å². The topological polar surface area (TPSA) is 89.6 Å². The molecule has 0 bridgehead atoms. The van der Waals surface area contributed by atoms with E-state index < -0.39 is 5.92 Å². The Morgan fingerprint density at radius 2 is 1.81 bits per heavy atom. The van der Waals surface area contributed by atoms with E-state index in [2.05, 4.69) is 15.6 Å². The van der Waals surface area contributed by atoms with Crippen LogP contribution in [0.4, 0.5) is 15.2 Å². The number of aromatic nitrogens is 1. The zero-order valence-corrected chi connectivity index (χ0v) is 18.6. The quantitative estimate of drug-likeness (QED) is 0.570. The lowest BCUT2D eigenvalue weighted by Crippen LogP contribution is -2.20. The van der Waals surface area contributed by atoms with Crippen LogP contribution in [0.25, 0.3) is 0 Å². The molecule has 3 aromatic rings. The molecule has 2 aromatic carbocycles. The Labute approximate surface area is 188 Å². The van der Waals surface area contributed by atoms with Gasteiger partial charge in [0.25, 0.3) is 5.91 Å². The Balaban J connectivity index is 1.48. The number of carbonyl (C=O) groups is 2. The predicted octanol–water partition coefficient (Wildman–Crippen LogP) is 4.53. The molecule has 1 heterocycles. The number of carbonyl (C=O) groups excluding carboxylic acids is 2. The molecule has 0 fully saturated rings. The van der Waals surface area contributed by atoms with E-state index >= 15 is 0 Å². The molecule has 0 saturated carbocycles. The maximum absolute atomic E-state index is 13.8. The molecule has 32 heavy (non-hydrogen) atoms. The number of hydrogen-bond donors (Lipinski definition) is 2. The van der Waals surface area contributed by atoms with E-state index in [1.54, 1.807) is 37.3 Å². The Kier molecular flexibility index (Phi) is 6.09. The van der Waals surface area contributed by atoms with Gasteiger partial charge in [-0.25, -0.2) is 9.37 Å². The number of nitrogens with zero attached hydrogens (tertiary/aromatic N) is 1. The zero-order valence-electron chi connectivity index (χ0n) is 17.8. The van der Waals surface area contributed by atoms with Gasteiger partial charge >= 0.3 is 0 Å². The van der Waals surface area contributed by atoms with E-state index in [1.165, 1.54) is 31.6 Å². The number of hydrogen-bond acceptors (Lipinski definition) is 6. The molecule has 1 atom stereocenters. The highest BCUT2D eigenvalue weighted by molar-refractivity contribution is 7.16. The SMILES string of the molecule is COc1cc(OC)cc(C(=O)Nc2nc3c(s2)CCC3C(=O)Nc2ccc(C)c(F)c2)c1. The molecule has 0 radical (unpaired) electrons. The van der Waals surface area contributed by atoms with Gasteiger partial charge in [0.15, 0.2) is 5.13 Å². The molecule has 0 spiro atoms. The van der Waals surface area contributed by atoms with Gasteiger partial charge in [-0.3, -0.25) is 14.9 Å². The van der Waals surface area contributed by atoms with Crippen molar-refractivity contribution >= 4 is 34.0 Å². The molecule has 1 aromatic heterocycles. The highest BCUT2D eigenvalue weighted by Gasteiger charge is 2.33. The number of anilines is 2. The van der Waals surface area contributed by atoms with Crippen LogP contribution < -0.4 is 20.1 Å². The Morgan fingerprint density at radius 3 is 2.47 bits per heavy atom. The summed E-state index contributed by atoms with van der Waals surface area (Å²) in [4.78, 5) is 31.0. The minimum Gasteiger partial charge on any atom is -0.497 e. The van der Waals surface area contributed by atoms with E-state index in [-0.39, 0.29) is 17.6 Å². The molecule has 1 aliphatic rings. The van der Waals surface area contributed by atoms with Gasteiger partial charge in [0.1, 0.15) is 17.3 Å². The number of rotatable bonds is 6. The number of halogens is 1.